The summed E-state index contributed by atoms with van der Waals surface area (Å²) in [6.07, 6.45) is 8.60. The van der Waals surface area contributed by atoms with Crippen molar-refractivity contribution in [2.75, 3.05) is 12.4 Å². The minimum Gasteiger partial charge on any atom is -0.393 e. The molecule has 0 saturated heterocycles. The van der Waals surface area contributed by atoms with E-state index in [-0.39, 0.29) is 18.2 Å². The maximum atomic E-state index is 11.1. The largest absolute Gasteiger partial charge is 0.393 e. The lowest BCUT2D eigenvalue weighted by molar-refractivity contribution is -0.0180. The Bertz CT molecular complexity index is 923. The molecule has 2 unspecified atom stereocenters. The normalized spacial score (nSPS) is 26.0. The van der Waals surface area contributed by atoms with Gasteiger partial charge in [-0.3, -0.25) is 0 Å². The molecule has 1 saturated carbocycles. The van der Waals surface area contributed by atoms with Crippen LogP contribution in [0.2, 0.25) is 0 Å². The Labute approximate surface area is 177 Å². The van der Waals surface area contributed by atoms with Gasteiger partial charge < -0.3 is 25.8 Å². The van der Waals surface area contributed by atoms with E-state index in [9.17, 15) is 5.11 Å². The summed E-state index contributed by atoms with van der Waals surface area (Å²) in [5.74, 6) is 0.875. The lowest BCUT2D eigenvalue weighted by Crippen LogP contribution is -2.33. The summed E-state index contributed by atoms with van der Waals surface area (Å²) in [6, 6.07) is 12.7. The van der Waals surface area contributed by atoms with Crippen molar-refractivity contribution in [3.8, 4) is 0 Å². The Morgan fingerprint density at radius 3 is 2.87 bits per heavy atom. The molecular formula is C24H30N4O2. The van der Waals surface area contributed by atoms with Crippen molar-refractivity contribution in [1.82, 2.24) is 15.2 Å². The lowest BCUT2D eigenvalue weighted by Gasteiger charge is -2.34. The van der Waals surface area contributed by atoms with Crippen LogP contribution in [-0.4, -0.2) is 33.9 Å². The number of aliphatic hydroxyl groups excluding tert-OH is 1. The molecule has 30 heavy (non-hydrogen) atoms. The Morgan fingerprint density at radius 1 is 1.20 bits per heavy atom. The second-order valence-corrected chi connectivity index (χ2v) is 8.70. The Morgan fingerprint density at radius 2 is 2.03 bits per heavy atom. The van der Waals surface area contributed by atoms with Gasteiger partial charge in [0.05, 0.1) is 37.2 Å². The maximum Gasteiger partial charge on any atom is 0.123 e. The minimum atomic E-state index is -0.288. The zero-order valence-corrected chi connectivity index (χ0v) is 17.2. The van der Waals surface area contributed by atoms with Gasteiger partial charge in [0.1, 0.15) is 5.82 Å². The van der Waals surface area contributed by atoms with Crippen LogP contribution in [0.1, 0.15) is 54.8 Å². The van der Waals surface area contributed by atoms with E-state index < -0.39 is 0 Å². The predicted molar refractivity (Wildman–Crippen MR) is 117 cm³/mol. The van der Waals surface area contributed by atoms with Crippen LogP contribution in [0.15, 0.2) is 48.8 Å². The third kappa shape index (κ3) is 3.77. The highest BCUT2D eigenvalue weighted by molar-refractivity contribution is 5.73. The van der Waals surface area contributed by atoms with Gasteiger partial charge in [-0.1, -0.05) is 24.3 Å². The Hall–Kier alpha value is -2.57. The summed E-state index contributed by atoms with van der Waals surface area (Å²) in [6.45, 7) is 1.39. The molecule has 6 nitrogen and oxygen atoms in total. The monoisotopic (exact) mass is 406 g/mol. The molecule has 2 aliphatic heterocycles. The third-order valence-corrected chi connectivity index (χ3v) is 6.84. The minimum absolute atomic E-state index is 0.253. The van der Waals surface area contributed by atoms with E-state index in [0.717, 1.165) is 44.3 Å². The van der Waals surface area contributed by atoms with Gasteiger partial charge in [-0.05, 0) is 61.3 Å². The highest BCUT2D eigenvalue weighted by atomic mass is 16.5. The van der Waals surface area contributed by atoms with Crippen molar-refractivity contribution in [2.24, 2.45) is 5.92 Å². The standard InChI is InChI=1S/C24H30N4O2/c25-24-11-16(9-10-27-24)14-30-18-7-5-17(6-8-18)23(29)12-21-19-3-1-2-4-20(19)22-13-26-15-28(21)22/h1-4,9-11,13,17-18,21,23,26,29H,5-8,12,14-15H2,(H2,25,27). The first kappa shape index (κ1) is 19.4. The van der Waals surface area contributed by atoms with Crippen LogP contribution in [-0.2, 0) is 11.3 Å². The average Bonchev–Trinajstić information content (AvgIpc) is 3.35. The molecule has 5 rings (SSSR count). The molecule has 6 heteroatoms. The smallest absolute Gasteiger partial charge is 0.123 e. The topological polar surface area (TPSA) is 83.6 Å². The highest BCUT2D eigenvalue weighted by Gasteiger charge is 2.38. The molecule has 1 aromatic carbocycles. The average molecular weight is 407 g/mol. The van der Waals surface area contributed by atoms with E-state index in [1.54, 1.807) is 6.20 Å². The van der Waals surface area contributed by atoms with Crippen molar-refractivity contribution in [3.63, 3.8) is 0 Å². The number of fused-ring (bicyclic) bond motifs is 3. The fourth-order valence-electron chi connectivity index (χ4n) is 5.22. The van der Waals surface area contributed by atoms with E-state index in [2.05, 4.69) is 45.7 Å². The fourth-order valence-corrected chi connectivity index (χ4v) is 5.22. The van der Waals surface area contributed by atoms with Gasteiger partial charge in [-0.15, -0.1) is 0 Å². The number of rotatable bonds is 6. The zero-order chi connectivity index (χ0) is 20.5. The SMILES string of the molecule is Nc1cc(COC2CCC(C(O)CC3c4ccccc4C4=CNCN43)CC2)ccn1. The van der Waals surface area contributed by atoms with E-state index in [1.165, 1.54) is 16.8 Å². The summed E-state index contributed by atoms with van der Waals surface area (Å²) in [4.78, 5) is 6.42. The Kier molecular flexibility index (Phi) is 5.35. The highest BCUT2D eigenvalue weighted by Crippen LogP contribution is 2.45. The number of nitrogens with zero attached hydrogens (tertiary/aromatic N) is 2. The summed E-state index contributed by atoms with van der Waals surface area (Å²) in [5, 5.41) is 14.4. The molecule has 2 aromatic rings. The van der Waals surface area contributed by atoms with Crippen LogP contribution in [0, 0.1) is 5.92 Å². The molecule has 0 amide bonds. The molecule has 3 heterocycles. The van der Waals surface area contributed by atoms with Crippen LogP contribution in [0.4, 0.5) is 5.82 Å². The predicted octanol–water partition coefficient (Wildman–Crippen LogP) is 3.41. The zero-order valence-electron chi connectivity index (χ0n) is 17.2. The van der Waals surface area contributed by atoms with Gasteiger partial charge >= 0.3 is 0 Å². The summed E-state index contributed by atoms with van der Waals surface area (Å²) >= 11 is 0. The van der Waals surface area contributed by atoms with Crippen molar-refractivity contribution < 1.29 is 9.84 Å². The second kappa shape index (κ2) is 8.28. The molecule has 0 radical (unpaired) electrons. The van der Waals surface area contributed by atoms with Gasteiger partial charge in [-0.2, -0.15) is 0 Å². The maximum absolute atomic E-state index is 11.1. The first-order valence-corrected chi connectivity index (χ1v) is 11.0. The van der Waals surface area contributed by atoms with E-state index in [4.69, 9.17) is 10.5 Å². The van der Waals surface area contributed by atoms with Crippen molar-refractivity contribution >= 4 is 11.5 Å². The van der Waals surface area contributed by atoms with E-state index in [1.807, 2.05) is 12.1 Å². The molecule has 158 valence electrons. The summed E-state index contributed by atoms with van der Waals surface area (Å²) < 4.78 is 6.10. The first-order valence-electron chi connectivity index (χ1n) is 11.0. The molecule has 3 aliphatic rings. The molecule has 0 spiro atoms. The first-order chi connectivity index (χ1) is 14.7. The number of nitrogens with one attached hydrogen (secondary N) is 1. The summed E-state index contributed by atoms with van der Waals surface area (Å²) in [7, 11) is 0. The number of nitrogens with two attached hydrogens (primary N) is 1. The summed E-state index contributed by atoms with van der Waals surface area (Å²) in [5.41, 5.74) is 10.7. The number of hydrogen-bond donors (Lipinski definition) is 3. The molecule has 4 N–H and O–H groups in total. The number of pyridine rings is 1. The number of aromatic nitrogens is 1. The van der Waals surface area contributed by atoms with Crippen molar-refractivity contribution in [1.29, 1.82) is 0 Å². The number of anilines is 1. The molecule has 2 atom stereocenters. The van der Waals surface area contributed by atoms with Gasteiger partial charge in [0.15, 0.2) is 0 Å². The van der Waals surface area contributed by atoms with Crippen LogP contribution in [0.5, 0.6) is 0 Å². The quantitative estimate of drug-likeness (QED) is 0.682. The van der Waals surface area contributed by atoms with Crippen LogP contribution in [0.25, 0.3) is 5.70 Å². The van der Waals surface area contributed by atoms with Gasteiger partial charge in [0, 0.05) is 18.0 Å². The lowest BCUT2D eigenvalue weighted by atomic mass is 9.81. The van der Waals surface area contributed by atoms with Crippen molar-refractivity contribution in [2.45, 2.75) is 57.0 Å². The number of ether oxygens (including phenoxy) is 1. The van der Waals surface area contributed by atoms with Crippen LogP contribution >= 0.6 is 0 Å². The van der Waals surface area contributed by atoms with Crippen LogP contribution in [0.3, 0.4) is 0 Å². The van der Waals surface area contributed by atoms with Crippen molar-refractivity contribution in [3.05, 3.63) is 65.5 Å². The molecule has 1 aliphatic carbocycles. The van der Waals surface area contributed by atoms with E-state index >= 15 is 0 Å². The number of nitrogen functional groups attached to an aromatic ring is 1. The number of aliphatic hydroxyl groups is 1. The Balaban J connectivity index is 1.15. The third-order valence-electron chi connectivity index (χ3n) is 6.84. The fraction of sp³-hybridized carbons (Fsp3) is 0.458. The van der Waals surface area contributed by atoms with Gasteiger partial charge in [-0.25, -0.2) is 4.98 Å². The number of benzene rings is 1. The molecule has 1 aromatic heterocycles. The molecular weight excluding hydrogens is 376 g/mol. The number of hydrogen-bond acceptors (Lipinski definition) is 6. The second-order valence-electron chi connectivity index (χ2n) is 8.70. The van der Waals surface area contributed by atoms with Gasteiger partial charge in [0.25, 0.3) is 0 Å². The van der Waals surface area contributed by atoms with Gasteiger partial charge in [0.2, 0.25) is 0 Å². The molecule has 0 bridgehead atoms. The molecule has 1 fully saturated rings. The van der Waals surface area contributed by atoms with Crippen LogP contribution < -0.4 is 11.1 Å². The van der Waals surface area contributed by atoms with E-state index in [0.29, 0.717) is 18.3 Å².